The molecule has 7 atom stereocenters. The molecule has 0 aromatic carbocycles. The maximum Gasteiger partial charge on any atom is 0.220 e. The molecule has 1 fully saturated rings. The smallest absolute Gasteiger partial charge is 0.220 e. The number of rotatable bonds is 30. The fourth-order valence-corrected chi connectivity index (χ4v) is 5.80. The Kier molecular flexibility index (Phi) is 28.5. The van der Waals surface area contributed by atoms with E-state index in [-0.39, 0.29) is 12.5 Å². The van der Waals surface area contributed by atoms with Crippen LogP contribution in [0.15, 0.2) is 48.6 Å². The van der Waals surface area contributed by atoms with Gasteiger partial charge in [-0.1, -0.05) is 133 Å². The van der Waals surface area contributed by atoms with Crippen molar-refractivity contribution in [2.45, 2.75) is 185 Å². The van der Waals surface area contributed by atoms with Gasteiger partial charge in [0.1, 0.15) is 24.4 Å². The van der Waals surface area contributed by atoms with E-state index in [4.69, 9.17) is 9.47 Å². The second-order valence-corrected chi connectivity index (χ2v) is 13.3. The summed E-state index contributed by atoms with van der Waals surface area (Å²) in [5, 5.41) is 53.7. The zero-order valence-corrected chi connectivity index (χ0v) is 30.7. The maximum absolute atomic E-state index is 12.8. The zero-order chi connectivity index (χ0) is 36.0. The molecular formula is C40H71NO8. The molecular weight excluding hydrogens is 622 g/mol. The molecule has 0 aliphatic carbocycles. The fourth-order valence-electron chi connectivity index (χ4n) is 5.80. The van der Waals surface area contributed by atoms with Gasteiger partial charge in [-0.05, 0) is 51.4 Å². The molecule has 1 rings (SSSR count). The number of hydrogen-bond donors (Lipinski definition) is 6. The van der Waals surface area contributed by atoms with Crippen LogP contribution in [-0.2, 0) is 14.3 Å². The Morgan fingerprint density at radius 1 is 0.714 bits per heavy atom. The lowest BCUT2D eigenvalue weighted by atomic mass is 9.99. The van der Waals surface area contributed by atoms with Gasteiger partial charge in [0.2, 0.25) is 5.91 Å². The predicted octanol–water partition coefficient (Wildman–Crippen LogP) is 6.72. The highest BCUT2D eigenvalue weighted by atomic mass is 16.7. The van der Waals surface area contributed by atoms with Crippen LogP contribution in [0.4, 0.5) is 0 Å². The molecule has 0 saturated carbocycles. The average Bonchev–Trinajstić information content (AvgIpc) is 3.10. The molecule has 1 saturated heterocycles. The van der Waals surface area contributed by atoms with Crippen molar-refractivity contribution in [3.8, 4) is 0 Å². The van der Waals surface area contributed by atoms with Crippen LogP contribution in [0.3, 0.4) is 0 Å². The first kappa shape index (κ1) is 45.2. The first-order valence-electron chi connectivity index (χ1n) is 19.3. The highest BCUT2D eigenvalue weighted by Crippen LogP contribution is 2.23. The number of aliphatic hydroxyl groups excluding tert-OH is 5. The molecule has 7 unspecified atom stereocenters. The maximum atomic E-state index is 12.8. The van der Waals surface area contributed by atoms with Gasteiger partial charge in [0.05, 0.1) is 25.4 Å². The SMILES string of the molecule is CC/C=C\C/C=C\C/C=C\C/C=C\CCCCCCCCCCC(=O)NC(COC1OC(CO)C(O)C(O)C1O)C(O)CCCCCCC. The van der Waals surface area contributed by atoms with Crippen LogP contribution >= 0.6 is 0 Å². The molecule has 6 N–H and O–H groups in total. The molecule has 9 heteroatoms. The van der Waals surface area contributed by atoms with Crippen molar-refractivity contribution in [2.75, 3.05) is 13.2 Å². The Balaban J connectivity index is 2.25. The molecule has 49 heavy (non-hydrogen) atoms. The predicted molar refractivity (Wildman–Crippen MR) is 198 cm³/mol. The second kappa shape index (κ2) is 30.9. The van der Waals surface area contributed by atoms with Gasteiger partial charge in [-0.3, -0.25) is 4.79 Å². The van der Waals surface area contributed by atoms with E-state index in [0.717, 1.165) is 89.9 Å². The third-order valence-corrected chi connectivity index (χ3v) is 8.95. The molecule has 0 aromatic heterocycles. The molecule has 0 bridgehead atoms. The standard InChI is InChI=1S/C40H71NO8/c1-3-5-7-9-10-11-12-13-14-15-16-17-18-19-20-21-22-23-24-26-28-30-36(44)41-33(34(43)29-27-25-8-6-4-2)32-48-40-39(47)38(46)37(45)35(31-42)49-40/h5,7,10-11,13-14,16-17,33-35,37-40,42-43,45-47H,3-4,6,8-9,12,15,18-32H2,1-2H3,(H,41,44)/b7-5-,11-10-,14-13-,17-16-. The number of hydrogen-bond acceptors (Lipinski definition) is 8. The highest BCUT2D eigenvalue weighted by molar-refractivity contribution is 5.76. The van der Waals surface area contributed by atoms with Gasteiger partial charge in [0.25, 0.3) is 0 Å². The van der Waals surface area contributed by atoms with Crippen LogP contribution < -0.4 is 5.32 Å². The Morgan fingerprint density at radius 3 is 1.88 bits per heavy atom. The molecule has 0 spiro atoms. The summed E-state index contributed by atoms with van der Waals surface area (Å²) in [5.41, 5.74) is 0. The number of amides is 1. The third kappa shape index (κ3) is 22.6. The summed E-state index contributed by atoms with van der Waals surface area (Å²) in [4.78, 5) is 12.8. The molecule has 284 valence electrons. The fraction of sp³-hybridized carbons (Fsp3) is 0.775. The topological polar surface area (TPSA) is 149 Å². The largest absolute Gasteiger partial charge is 0.394 e. The minimum Gasteiger partial charge on any atom is -0.394 e. The van der Waals surface area contributed by atoms with Crippen molar-refractivity contribution in [1.29, 1.82) is 0 Å². The first-order valence-corrected chi connectivity index (χ1v) is 19.3. The Morgan fingerprint density at radius 2 is 1.27 bits per heavy atom. The van der Waals surface area contributed by atoms with E-state index >= 15 is 0 Å². The molecule has 0 radical (unpaired) electrons. The van der Waals surface area contributed by atoms with Crippen molar-refractivity contribution in [3.05, 3.63) is 48.6 Å². The Bertz CT molecular complexity index is 905. The van der Waals surface area contributed by atoms with Crippen molar-refractivity contribution in [3.63, 3.8) is 0 Å². The highest BCUT2D eigenvalue weighted by Gasteiger charge is 2.44. The Labute approximate surface area is 297 Å². The number of carbonyl (C=O) groups is 1. The number of carbonyl (C=O) groups excluding carboxylic acids is 1. The van der Waals surface area contributed by atoms with Crippen molar-refractivity contribution < 1.29 is 39.8 Å². The van der Waals surface area contributed by atoms with Gasteiger partial charge in [-0.2, -0.15) is 0 Å². The Hall–Kier alpha value is -1.85. The first-order chi connectivity index (χ1) is 23.8. The number of allylic oxidation sites excluding steroid dienone is 8. The van der Waals surface area contributed by atoms with Gasteiger partial charge in [0.15, 0.2) is 6.29 Å². The summed E-state index contributed by atoms with van der Waals surface area (Å²) < 4.78 is 11.1. The average molecular weight is 694 g/mol. The molecule has 0 aromatic rings. The molecule has 1 aliphatic heterocycles. The summed E-state index contributed by atoms with van der Waals surface area (Å²) in [6, 6.07) is -0.720. The normalized spacial score (nSPS) is 23.0. The van der Waals surface area contributed by atoms with E-state index in [0.29, 0.717) is 12.8 Å². The van der Waals surface area contributed by atoms with E-state index in [1.165, 1.54) is 25.7 Å². The lowest BCUT2D eigenvalue weighted by Crippen LogP contribution is -2.60. The van der Waals surface area contributed by atoms with Gasteiger partial charge in [0, 0.05) is 6.42 Å². The van der Waals surface area contributed by atoms with Crippen LogP contribution in [0.5, 0.6) is 0 Å². The van der Waals surface area contributed by atoms with E-state index < -0.39 is 49.5 Å². The summed E-state index contributed by atoms with van der Waals surface area (Å²) >= 11 is 0. The zero-order valence-electron chi connectivity index (χ0n) is 30.7. The summed E-state index contributed by atoms with van der Waals surface area (Å²) in [6.07, 6.45) is 30.2. The van der Waals surface area contributed by atoms with Crippen LogP contribution in [0.25, 0.3) is 0 Å². The number of nitrogens with one attached hydrogen (secondary N) is 1. The van der Waals surface area contributed by atoms with Gasteiger partial charge < -0.3 is 40.3 Å². The van der Waals surface area contributed by atoms with E-state index in [9.17, 15) is 30.3 Å². The van der Waals surface area contributed by atoms with Crippen LogP contribution in [-0.4, -0.2) is 87.5 Å². The summed E-state index contributed by atoms with van der Waals surface area (Å²) in [7, 11) is 0. The second-order valence-electron chi connectivity index (χ2n) is 13.3. The number of aliphatic hydroxyl groups is 5. The third-order valence-electron chi connectivity index (χ3n) is 8.95. The molecule has 9 nitrogen and oxygen atoms in total. The van der Waals surface area contributed by atoms with E-state index in [2.05, 4.69) is 67.8 Å². The molecule has 1 heterocycles. The quantitative estimate of drug-likeness (QED) is 0.0359. The van der Waals surface area contributed by atoms with Crippen LogP contribution in [0.1, 0.15) is 142 Å². The minimum atomic E-state index is -1.55. The van der Waals surface area contributed by atoms with Crippen molar-refractivity contribution in [2.24, 2.45) is 0 Å². The lowest BCUT2D eigenvalue weighted by Gasteiger charge is -2.40. The van der Waals surface area contributed by atoms with E-state index in [1.54, 1.807) is 0 Å². The summed E-state index contributed by atoms with van der Waals surface area (Å²) in [5.74, 6) is -0.164. The number of unbranched alkanes of at least 4 members (excludes halogenated alkanes) is 12. The molecule has 1 amide bonds. The monoisotopic (exact) mass is 694 g/mol. The minimum absolute atomic E-state index is 0.146. The van der Waals surface area contributed by atoms with Crippen molar-refractivity contribution >= 4 is 5.91 Å². The van der Waals surface area contributed by atoms with Gasteiger partial charge in [-0.15, -0.1) is 0 Å². The van der Waals surface area contributed by atoms with Gasteiger partial charge in [-0.25, -0.2) is 0 Å². The van der Waals surface area contributed by atoms with Crippen molar-refractivity contribution in [1.82, 2.24) is 5.32 Å². The van der Waals surface area contributed by atoms with Gasteiger partial charge >= 0.3 is 0 Å². The number of ether oxygens (including phenoxy) is 2. The molecule has 1 aliphatic rings. The summed E-state index contributed by atoms with van der Waals surface area (Å²) in [6.45, 7) is 3.59. The van der Waals surface area contributed by atoms with Crippen LogP contribution in [0, 0.1) is 0 Å². The van der Waals surface area contributed by atoms with Crippen LogP contribution in [0.2, 0.25) is 0 Å². The lowest BCUT2D eigenvalue weighted by molar-refractivity contribution is -0.302. The van der Waals surface area contributed by atoms with E-state index in [1.807, 2.05) is 0 Å².